The molecule has 0 aromatic carbocycles. The highest BCUT2D eigenvalue weighted by Crippen LogP contribution is 2.15. The lowest BCUT2D eigenvalue weighted by atomic mass is 10.0. The summed E-state index contributed by atoms with van der Waals surface area (Å²) in [5, 5.41) is 0. The highest BCUT2D eigenvalue weighted by Gasteiger charge is 2.19. The van der Waals surface area contributed by atoms with Crippen molar-refractivity contribution in [3.63, 3.8) is 0 Å². The van der Waals surface area contributed by atoms with Gasteiger partial charge in [-0.3, -0.25) is 14.4 Å². The summed E-state index contributed by atoms with van der Waals surface area (Å²) in [6.07, 6.45) is 79.8. The van der Waals surface area contributed by atoms with Crippen LogP contribution in [-0.2, 0) is 28.6 Å². The van der Waals surface area contributed by atoms with Crippen LogP contribution < -0.4 is 0 Å². The van der Waals surface area contributed by atoms with Crippen LogP contribution in [-0.4, -0.2) is 37.2 Å². The maximum Gasteiger partial charge on any atom is 0.306 e. The highest BCUT2D eigenvalue weighted by molar-refractivity contribution is 5.71. The van der Waals surface area contributed by atoms with E-state index in [0.29, 0.717) is 19.3 Å². The SMILES string of the molecule is CC\C=C/C=C\C=C/C=C\C=C\C=C/C=C\CCCCCC(=O)OCC(COC(=O)CCCCCCCCCCCCCCCCCC)OC(=O)CC/C=C\C/C=C\C/C=C\C/C=C\C/C=C\CC. The van der Waals surface area contributed by atoms with Gasteiger partial charge in [-0.05, 0) is 70.6 Å². The predicted molar refractivity (Wildman–Crippen MR) is 297 cm³/mol. The Morgan fingerprint density at radius 3 is 1.09 bits per heavy atom. The smallest absolute Gasteiger partial charge is 0.306 e. The maximum absolute atomic E-state index is 12.8. The second kappa shape index (κ2) is 55.9. The van der Waals surface area contributed by atoms with Gasteiger partial charge >= 0.3 is 17.9 Å². The van der Waals surface area contributed by atoms with Crippen LogP contribution in [0.5, 0.6) is 0 Å². The Labute approximate surface area is 423 Å². The van der Waals surface area contributed by atoms with Gasteiger partial charge in [0.2, 0.25) is 0 Å². The largest absolute Gasteiger partial charge is 0.462 e. The van der Waals surface area contributed by atoms with Crippen molar-refractivity contribution in [1.29, 1.82) is 0 Å². The van der Waals surface area contributed by atoms with Gasteiger partial charge < -0.3 is 14.2 Å². The Bertz CT molecular complexity index is 1560. The van der Waals surface area contributed by atoms with Crippen LogP contribution in [0.15, 0.2) is 146 Å². The summed E-state index contributed by atoms with van der Waals surface area (Å²) < 4.78 is 16.7. The van der Waals surface area contributed by atoms with Crippen molar-refractivity contribution in [2.75, 3.05) is 13.2 Å². The third-order valence-corrected chi connectivity index (χ3v) is 11.0. The van der Waals surface area contributed by atoms with Crippen molar-refractivity contribution >= 4 is 17.9 Å². The molecule has 0 aliphatic rings. The molecule has 0 heterocycles. The van der Waals surface area contributed by atoms with E-state index in [1.165, 1.54) is 83.5 Å². The summed E-state index contributed by atoms with van der Waals surface area (Å²) in [6, 6.07) is 0. The number of carbonyl (C=O) groups excluding carboxylic acids is 3. The van der Waals surface area contributed by atoms with Crippen LogP contribution in [0.4, 0.5) is 0 Å². The van der Waals surface area contributed by atoms with Gasteiger partial charge in [-0.15, -0.1) is 0 Å². The second-order valence-corrected chi connectivity index (χ2v) is 17.6. The van der Waals surface area contributed by atoms with Crippen molar-refractivity contribution in [1.82, 2.24) is 0 Å². The van der Waals surface area contributed by atoms with E-state index in [9.17, 15) is 14.4 Å². The van der Waals surface area contributed by atoms with E-state index >= 15 is 0 Å². The van der Waals surface area contributed by atoms with Gasteiger partial charge in [0.1, 0.15) is 13.2 Å². The second-order valence-electron chi connectivity index (χ2n) is 17.6. The Kier molecular flexibility index (Phi) is 52.1. The van der Waals surface area contributed by atoms with Crippen LogP contribution >= 0.6 is 0 Å². The van der Waals surface area contributed by atoms with E-state index in [4.69, 9.17) is 14.2 Å². The van der Waals surface area contributed by atoms with Gasteiger partial charge in [-0.25, -0.2) is 0 Å². The zero-order valence-corrected chi connectivity index (χ0v) is 44.0. The van der Waals surface area contributed by atoms with Crippen LogP contribution in [0.25, 0.3) is 0 Å². The zero-order chi connectivity index (χ0) is 50.0. The minimum absolute atomic E-state index is 0.127. The number of esters is 3. The monoisotopic (exact) mass is 951 g/mol. The molecule has 0 aromatic heterocycles. The Hall–Kier alpha value is -4.71. The molecule has 1 atom stereocenters. The van der Waals surface area contributed by atoms with E-state index in [2.05, 4.69) is 81.5 Å². The average molecular weight is 951 g/mol. The lowest BCUT2D eigenvalue weighted by Crippen LogP contribution is -2.30. The number of unbranched alkanes of at least 4 members (excludes halogenated alkanes) is 18. The lowest BCUT2D eigenvalue weighted by Gasteiger charge is -2.18. The summed E-state index contributed by atoms with van der Waals surface area (Å²) in [7, 11) is 0. The van der Waals surface area contributed by atoms with Gasteiger partial charge in [-0.1, -0.05) is 269 Å². The molecule has 0 saturated heterocycles. The Morgan fingerprint density at radius 1 is 0.319 bits per heavy atom. The number of hydrogen-bond acceptors (Lipinski definition) is 6. The van der Waals surface area contributed by atoms with Gasteiger partial charge in [0, 0.05) is 19.3 Å². The van der Waals surface area contributed by atoms with Gasteiger partial charge in [0.15, 0.2) is 6.10 Å². The molecule has 0 N–H and O–H groups in total. The third kappa shape index (κ3) is 54.1. The zero-order valence-electron chi connectivity index (χ0n) is 44.0. The molecule has 0 saturated carbocycles. The summed E-state index contributed by atoms with van der Waals surface area (Å²) in [6.45, 7) is 6.27. The molecule has 0 radical (unpaired) electrons. The van der Waals surface area contributed by atoms with Crippen molar-refractivity contribution in [3.05, 3.63) is 146 Å². The van der Waals surface area contributed by atoms with E-state index in [1.54, 1.807) is 0 Å². The Balaban J connectivity index is 4.61. The molecule has 1 unspecified atom stereocenters. The number of allylic oxidation sites excluding steroid dienone is 24. The van der Waals surface area contributed by atoms with Crippen molar-refractivity contribution < 1.29 is 28.6 Å². The van der Waals surface area contributed by atoms with E-state index in [-0.39, 0.29) is 38.0 Å². The number of carbonyl (C=O) groups is 3. The van der Waals surface area contributed by atoms with Gasteiger partial charge in [-0.2, -0.15) is 0 Å². The first kappa shape index (κ1) is 64.3. The van der Waals surface area contributed by atoms with Crippen LogP contribution in [0.3, 0.4) is 0 Å². The molecule has 0 aromatic rings. The molecular weight excluding hydrogens is 853 g/mol. The lowest BCUT2D eigenvalue weighted by molar-refractivity contribution is -0.166. The molecule has 6 heteroatoms. The van der Waals surface area contributed by atoms with Crippen LogP contribution in [0, 0.1) is 0 Å². The van der Waals surface area contributed by atoms with Crippen molar-refractivity contribution in [2.24, 2.45) is 0 Å². The summed E-state index contributed by atoms with van der Waals surface area (Å²) in [4.78, 5) is 38.1. The normalized spacial score (nSPS) is 13.3. The van der Waals surface area contributed by atoms with Gasteiger partial charge in [0.25, 0.3) is 0 Å². The number of rotatable bonds is 47. The molecule has 0 spiro atoms. The molecule has 0 amide bonds. The minimum Gasteiger partial charge on any atom is -0.462 e. The van der Waals surface area contributed by atoms with E-state index in [0.717, 1.165) is 77.0 Å². The first-order chi connectivity index (χ1) is 34.0. The first-order valence-corrected chi connectivity index (χ1v) is 27.4. The highest BCUT2D eigenvalue weighted by atomic mass is 16.6. The molecule has 69 heavy (non-hydrogen) atoms. The van der Waals surface area contributed by atoms with Crippen molar-refractivity contribution in [3.8, 4) is 0 Å². The topological polar surface area (TPSA) is 78.9 Å². The molecule has 6 nitrogen and oxygen atoms in total. The quantitative estimate of drug-likeness (QED) is 0.0199. The first-order valence-electron chi connectivity index (χ1n) is 27.4. The predicted octanol–water partition coefficient (Wildman–Crippen LogP) is 18.4. The standard InChI is InChI=1S/C63H98O6/c1-4-7-10-13-16-19-22-25-28-31-32-33-36-38-41-44-47-50-53-56-62(65)68-59-60(69-63(66)57-54-51-48-45-42-39-35-30-27-24-21-18-15-12-9-6-3)58-67-61(64)55-52-49-46-43-40-37-34-29-26-23-20-17-14-11-8-5-2/h7,9-10,12-13,16,18-19,21-22,25,27-28,30-33,36,38-39,41-42,48,51,60H,4-6,8,11,14-15,17,20,23-24,26,29,34-35,37,40,43-47,49-50,52-59H2,1-3H3/b10-7-,12-9-,16-13-,21-18-,22-19-,28-25-,30-27-,32-31+,36-33-,41-38-,42-39-,51-48-. The fraction of sp³-hybridized carbons (Fsp3) is 0.571. The summed E-state index contributed by atoms with van der Waals surface area (Å²) >= 11 is 0. The molecule has 386 valence electrons. The average Bonchev–Trinajstić information content (AvgIpc) is 3.35. The number of ether oxygens (including phenoxy) is 3. The summed E-state index contributed by atoms with van der Waals surface area (Å²) in [5.41, 5.74) is 0. The molecule has 0 fully saturated rings. The Morgan fingerprint density at radius 2 is 0.667 bits per heavy atom. The van der Waals surface area contributed by atoms with Crippen molar-refractivity contribution in [2.45, 2.75) is 219 Å². The van der Waals surface area contributed by atoms with Crippen LogP contribution in [0.2, 0.25) is 0 Å². The van der Waals surface area contributed by atoms with Crippen LogP contribution in [0.1, 0.15) is 213 Å². The molecule has 0 aliphatic heterocycles. The summed E-state index contributed by atoms with van der Waals surface area (Å²) in [5.74, 6) is -1.06. The molecule has 0 bridgehead atoms. The fourth-order valence-corrected chi connectivity index (χ4v) is 7.00. The fourth-order valence-electron chi connectivity index (χ4n) is 7.00. The molecule has 0 rings (SSSR count). The molecule has 0 aliphatic carbocycles. The van der Waals surface area contributed by atoms with E-state index in [1.807, 2.05) is 85.1 Å². The maximum atomic E-state index is 12.8. The third-order valence-electron chi connectivity index (χ3n) is 11.0. The molecular formula is C63H98O6. The minimum atomic E-state index is -0.842. The number of hydrogen-bond donors (Lipinski definition) is 0. The van der Waals surface area contributed by atoms with Gasteiger partial charge in [0.05, 0.1) is 0 Å². The van der Waals surface area contributed by atoms with E-state index < -0.39 is 12.1 Å².